The smallest absolute Gasteiger partial charge is 0.347 e. The molecule has 0 spiro atoms. The summed E-state index contributed by atoms with van der Waals surface area (Å²) >= 11 is 11.9. The summed E-state index contributed by atoms with van der Waals surface area (Å²) in [6, 6.07) is 1.54. The van der Waals surface area contributed by atoms with Gasteiger partial charge in [-0.05, 0) is 13.0 Å². The zero-order valence-corrected chi connectivity index (χ0v) is 10.5. The molecule has 4 nitrogen and oxygen atoms in total. The Morgan fingerprint density at radius 2 is 2.00 bits per heavy atom. The second-order valence-corrected chi connectivity index (χ2v) is 4.20. The van der Waals surface area contributed by atoms with E-state index in [1.165, 1.54) is 13.2 Å². The van der Waals surface area contributed by atoms with E-state index in [0.29, 0.717) is 11.1 Å². The number of hydrogen-bond donors (Lipinski definition) is 1. The third kappa shape index (κ3) is 1.73. The summed E-state index contributed by atoms with van der Waals surface area (Å²) in [5, 5.41) is 10.2. The molecule has 0 bridgehead atoms. The fourth-order valence-corrected chi connectivity index (χ4v) is 2.26. The molecular weight excluding hydrogens is 267 g/mol. The molecule has 0 unspecified atom stereocenters. The first kappa shape index (κ1) is 12.1. The van der Waals surface area contributed by atoms with Crippen LogP contribution in [0.4, 0.5) is 0 Å². The predicted octanol–water partition coefficient (Wildman–Crippen LogP) is 3.12. The molecule has 0 amide bonds. The number of aromatic hydroxyl groups is 1. The molecule has 0 saturated heterocycles. The Balaban J connectivity index is 3.09. The van der Waals surface area contributed by atoms with Gasteiger partial charge in [-0.1, -0.05) is 23.2 Å². The monoisotopic (exact) mass is 274 g/mol. The maximum atomic E-state index is 11.6. The van der Waals surface area contributed by atoms with Crippen LogP contribution in [0.5, 0.6) is 11.5 Å². The molecule has 0 fully saturated rings. The summed E-state index contributed by atoms with van der Waals surface area (Å²) in [6.07, 6.45) is 0. The van der Waals surface area contributed by atoms with Crippen LogP contribution in [0.3, 0.4) is 0 Å². The van der Waals surface area contributed by atoms with E-state index in [2.05, 4.69) is 0 Å². The van der Waals surface area contributed by atoms with Crippen LogP contribution >= 0.6 is 23.2 Å². The van der Waals surface area contributed by atoms with E-state index in [4.69, 9.17) is 32.4 Å². The summed E-state index contributed by atoms with van der Waals surface area (Å²) in [4.78, 5) is 11.6. The number of phenolic OH excluding ortho intramolecular Hbond substituents is 1. The van der Waals surface area contributed by atoms with Crippen molar-refractivity contribution in [1.82, 2.24) is 0 Å². The second kappa shape index (κ2) is 4.13. The van der Waals surface area contributed by atoms with Gasteiger partial charge in [-0.15, -0.1) is 0 Å². The Hall–Kier alpha value is -1.39. The Morgan fingerprint density at radius 3 is 2.59 bits per heavy atom. The van der Waals surface area contributed by atoms with E-state index in [-0.39, 0.29) is 21.2 Å². The molecule has 0 atom stereocenters. The summed E-state index contributed by atoms with van der Waals surface area (Å²) < 4.78 is 9.87. The van der Waals surface area contributed by atoms with Gasteiger partial charge in [-0.3, -0.25) is 0 Å². The van der Waals surface area contributed by atoms with E-state index in [1.54, 1.807) is 6.92 Å². The van der Waals surface area contributed by atoms with Crippen LogP contribution in [0.15, 0.2) is 15.3 Å². The lowest BCUT2D eigenvalue weighted by Crippen LogP contribution is -2.02. The molecule has 0 saturated carbocycles. The van der Waals surface area contributed by atoms with Crippen LogP contribution in [0.2, 0.25) is 10.0 Å². The maximum Gasteiger partial charge on any atom is 0.347 e. The Morgan fingerprint density at radius 1 is 1.35 bits per heavy atom. The molecule has 1 N–H and O–H groups in total. The molecule has 90 valence electrons. The molecule has 0 radical (unpaired) electrons. The SMILES string of the molecule is COc1c(Cl)c(O)c2c(=O)oc(C)cc2c1Cl. The number of halogens is 2. The summed E-state index contributed by atoms with van der Waals surface area (Å²) in [5.41, 5.74) is -0.691. The van der Waals surface area contributed by atoms with Gasteiger partial charge in [0.2, 0.25) is 0 Å². The van der Waals surface area contributed by atoms with Crippen LogP contribution in [-0.2, 0) is 0 Å². The van der Waals surface area contributed by atoms with Crippen LogP contribution in [0.25, 0.3) is 10.8 Å². The molecule has 1 aromatic carbocycles. The van der Waals surface area contributed by atoms with E-state index < -0.39 is 11.4 Å². The van der Waals surface area contributed by atoms with Crippen molar-refractivity contribution in [2.75, 3.05) is 7.11 Å². The first-order chi connectivity index (χ1) is 7.97. The molecule has 6 heteroatoms. The zero-order valence-electron chi connectivity index (χ0n) is 9.01. The first-order valence-electron chi connectivity index (χ1n) is 4.65. The van der Waals surface area contributed by atoms with Crippen LogP contribution < -0.4 is 10.4 Å². The van der Waals surface area contributed by atoms with Gasteiger partial charge in [0.15, 0.2) is 11.5 Å². The number of aryl methyl sites for hydroxylation is 1. The molecule has 2 aromatic rings. The van der Waals surface area contributed by atoms with Gasteiger partial charge in [0.05, 0.1) is 12.1 Å². The average molecular weight is 275 g/mol. The normalized spacial score (nSPS) is 10.8. The third-order valence-electron chi connectivity index (χ3n) is 2.36. The Labute approximate surface area is 106 Å². The minimum Gasteiger partial charge on any atom is -0.505 e. The van der Waals surface area contributed by atoms with Crippen molar-refractivity contribution in [2.24, 2.45) is 0 Å². The minimum absolute atomic E-state index is 0.0496. The lowest BCUT2D eigenvalue weighted by atomic mass is 10.1. The zero-order chi connectivity index (χ0) is 12.7. The van der Waals surface area contributed by atoms with Crippen molar-refractivity contribution >= 4 is 34.0 Å². The topological polar surface area (TPSA) is 59.7 Å². The highest BCUT2D eigenvalue weighted by Gasteiger charge is 2.20. The fourth-order valence-electron chi connectivity index (χ4n) is 1.62. The standard InChI is InChI=1S/C11H8Cl2O4/c1-4-3-5-6(11(15)17-4)9(14)8(13)10(16-2)7(5)12/h3,14H,1-2H3. The van der Waals surface area contributed by atoms with Crippen molar-refractivity contribution in [3.63, 3.8) is 0 Å². The number of rotatable bonds is 1. The predicted molar refractivity (Wildman–Crippen MR) is 65.5 cm³/mol. The maximum absolute atomic E-state index is 11.6. The Kier molecular flexibility index (Phi) is 2.93. The highest BCUT2D eigenvalue weighted by atomic mass is 35.5. The number of hydrogen-bond acceptors (Lipinski definition) is 4. The highest BCUT2D eigenvalue weighted by Crippen LogP contribution is 2.45. The number of benzene rings is 1. The number of fused-ring (bicyclic) bond motifs is 1. The largest absolute Gasteiger partial charge is 0.505 e. The van der Waals surface area contributed by atoms with Crippen LogP contribution in [0, 0.1) is 6.92 Å². The lowest BCUT2D eigenvalue weighted by Gasteiger charge is -2.10. The summed E-state index contributed by atoms with van der Waals surface area (Å²) in [5.74, 6) is 0.119. The van der Waals surface area contributed by atoms with E-state index in [1.807, 2.05) is 0 Å². The highest BCUT2D eigenvalue weighted by molar-refractivity contribution is 6.42. The number of methoxy groups -OCH3 is 1. The van der Waals surface area contributed by atoms with Gasteiger partial charge in [0.1, 0.15) is 16.2 Å². The quantitative estimate of drug-likeness (QED) is 0.868. The molecular formula is C11H8Cl2O4. The van der Waals surface area contributed by atoms with Gasteiger partial charge >= 0.3 is 5.63 Å². The van der Waals surface area contributed by atoms with Crippen LogP contribution in [0.1, 0.15) is 5.76 Å². The molecule has 0 aliphatic carbocycles. The second-order valence-electron chi connectivity index (χ2n) is 3.44. The van der Waals surface area contributed by atoms with Crippen molar-refractivity contribution in [1.29, 1.82) is 0 Å². The molecule has 0 aliphatic heterocycles. The minimum atomic E-state index is -0.691. The molecule has 1 heterocycles. The van der Waals surface area contributed by atoms with Gasteiger partial charge in [0.25, 0.3) is 0 Å². The van der Waals surface area contributed by atoms with Crippen molar-refractivity contribution in [2.45, 2.75) is 6.92 Å². The third-order valence-corrected chi connectivity index (χ3v) is 3.08. The van der Waals surface area contributed by atoms with Gasteiger partial charge in [-0.25, -0.2) is 4.79 Å². The number of phenols is 1. The summed E-state index contributed by atoms with van der Waals surface area (Å²) in [7, 11) is 1.37. The number of ether oxygens (including phenoxy) is 1. The summed E-state index contributed by atoms with van der Waals surface area (Å²) in [6.45, 7) is 1.61. The fraction of sp³-hybridized carbons (Fsp3) is 0.182. The van der Waals surface area contributed by atoms with Crippen molar-refractivity contribution < 1.29 is 14.3 Å². The van der Waals surface area contributed by atoms with Crippen LogP contribution in [-0.4, -0.2) is 12.2 Å². The van der Waals surface area contributed by atoms with Gasteiger partial charge < -0.3 is 14.3 Å². The Bertz CT molecular complexity index is 661. The molecule has 1 aromatic heterocycles. The van der Waals surface area contributed by atoms with E-state index >= 15 is 0 Å². The first-order valence-corrected chi connectivity index (χ1v) is 5.41. The van der Waals surface area contributed by atoms with Crippen molar-refractivity contribution in [3.8, 4) is 11.5 Å². The van der Waals surface area contributed by atoms with Gasteiger partial charge in [0, 0.05) is 5.39 Å². The van der Waals surface area contributed by atoms with Gasteiger partial charge in [-0.2, -0.15) is 0 Å². The lowest BCUT2D eigenvalue weighted by molar-refractivity contribution is 0.409. The molecule has 0 aliphatic rings. The molecule has 2 rings (SSSR count). The van der Waals surface area contributed by atoms with Crippen molar-refractivity contribution in [3.05, 3.63) is 32.3 Å². The van der Waals surface area contributed by atoms with E-state index in [0.717, 1.165) is 0 Å². The average Bonchev–Trinajstić information content (AvgIpc) is 2.26. The van der Waals surface area contributed by atoms with E-state index in [9.17, 15) is 9.90 Å². The molecule has 17 heavy (non-hydrogen) atoms.